The SMILES string of the molecule is COC1CCC(N(Cc2ccccc2F)C(=O)C2=CC(C)=NC2)CC1. The van der Waals surface area contributed by atoms with E-state index in [1.807, 2.05) is 24.0 Å². The van der Waals surface area contributed by atoms with E-state index in [0.717, 1.165) is 31.4 Å². The molecule has 134 valence electrons. The number of hydrogen-bond donors (Lipinski definition) is 0. The van der Waals surface area contributed by atoms with E-state index in [4.69, 9.17) is 4.74 Å². The van der Waals surface area contributed by atoms with Gasteiger partial charge in [0.15, 0.2) is 0 Å². The molecule has 5 heteroatoms. The molecule has 1 aromatic carbocycles. The molecule has 1 amide bonds. The zero-order valence-electron chi connectivity index (χ0n) is 14.9. The molecule has 4 nitrogen and oxygen atoms in total. The van der Waals surface area contributed by atoms with E-state index in [-0.39, 0.29) is 23.9 Å². The van der Waals surface area contributed by atoms with Crippen molar-refractivity contribution < 1.29 is 13.9 Å². The second-order valence-electron chi connectivity index (χ2n) is 6.82. The molecule has 1 heterocycles. The van der Waals surface area contributed by atoms with Gasteiger partial charge in [0, 0.05) is 36.5 Å². The quantitative estimate of drug-likeness (QED) is 0.820. The van der Waals surface area contributed by atoms with Crippen LogP contribution in [-0.4, -0.2) is 42.3 Å². The second-order valence-corrected chi connectivity index (χ2v) is 6.82. The summed E-state index contributed by atoms with van der Waals surface area (Å²) >= 11 is 0. The highest BCUT2D eigenvalue weighted by Gasteiger charge is 2.31. The van der Waals surface area contributed by atoms with Gasteiger partial charge in [0.2, 0.25) is 0 Å². The van der Waals surface area contributed by atoms with Crippen LogP contribution in [0.15, 0.2) is 40.9 Å². The van der Waals surface area contributed by atoms with Crippen molar-refractivity contribution in [1.82, 2.24) is 4.90 Å². The third-order valence-corrected chi connectivity index (χ3v) is 5.13. The number of aliphatic imine (C=N–C) groups is 1. The molecular formula is C20H25FN2O2. The fraction of sp³-hybridized carbons (Fsp3) is 0.500. The van der Waals surface area contributed by atoms with Crippen LogP contribution in [0.2, 0.25) is 0 Å². The van der Waals surface area contributed by atoms with Crippen LogP contribution >= 0.6 is 0 Å². The lowest BCUT2D eigenvalue weighted by molar-refractivity contribution is -0.131. The molecule has 1 aliphatic carbocycles. The highest BCUT2D eigenvalue weighted by molar-refractivity contribution is 6.06. The molecule has 0 unspecified atom stereocenters. The van der Waals surface area contributed by atoms with Gasteiger partial charge in [-0.3, -0.25) is 9.79 Å². The Hall–Kier alpha value is -2.01. The molecule has 1 aliphatic heterocycles. The number of carbonyl (C=O) groups is 1. The monoisotopic (exact) mass is 344 g/mol. The summed E-state index contributed by atoms with van der Waals surface area (Å²) in [5, 5.41) is 0. The first-order chi connectivity index (χ1) is 12.1. The Morgan fingerprint density at radius 2 is 2.00 bits per heavy atom. The van der Waals surface area contributed by atoms with Crippen molar-refractivity contribution in [3.63, 3.8) is 0 Å². The Morgan fingerprint density at radius 1 is 1.28 bits per heavy atom. The van der Waals surface area contributed by atoms with Crippen molar-refractivity contribution >= 4 is 11.6 Å². The number of ether oxygens (including phenoxy) is 1. The van der Waals surface area contributed by atoms with E-state index in [0.29, 0.717) is 24.2 Å². The number of benzene rings is 1. The number of nitrogens with zero attached hydrogens (tertiary/aromatic N) is 2. The molecule has 0 saturated heterocycles. The fourth-order valence-corrected chi connectivity index (χ4v) is 3.64. The highest BCUT2D eigenvalue weighted by atomic mass is 19.1. The molecule has 25 heavy (non-hydrogen) atoms. The lowest BCUT2D eigenvalue weighted by Crippen LogP contribution is -2.43. The standard InChI is InChI=1S/C20H25FN2O2/c1-14-11-16(12-22-14)20(24)23(13-15-5-3-4-6-19(15)21)17-7-9-18(25-2)10-8-17/h3-6,11,17-18H,7-10,12-13H2,1-2H3. The Bertz CT molecular complexity index is 691. The van der Waals surface area contributed by atoms with Crippen LogP contribution in [0.1, 0.15) is 38.2 Å². The topological polar surface area (TPSA) is 41.9 Å². The molecule has 0 atom stereocenters. The smallest absolute Gasteiger partial charge is 0.252 e. The van der Waals surface area contributed by atoms with Gasteiger partial charge in [0.25, 0.3) is 5.91 Å². The summed E-state index contributed by atoms with van der Waals surface area (Å²) in [5.74, 6) is -0.288. The number of allylic oxidation sites excluding steroid dienone is 1. The van der Waals surface area contributed by atoms with Crippen molar-refractivity contribution in [3.05, 3.63) is 47.3 Å². The summed E-state index contributed by atoms with van der Waals surface area (Å²) in [4.78, 5) is 19.2. The summed E-state index contributed by atoms with van der Waals surface area (Å²) in [6.45, 7) is 2.61. The minimum absolute atomic E-state index is 0.0234. The van der Waals surface area contributed by atoms with Crippen LogP contribution in [0, 0.1) is 5.82 Å². The van der Waals surface area contributed by atoms with E-state index >= 15 is 0 Å². The Kier molecular flexibility index (Phi) is 5.63. The summed E-state index contributed by atoms with van der Waals surface area (Å²) < 4.78 is 19.6. The second kappa shape index (κ2) is 7.91. The summed E-state index contributed by atoms with van der Waals surface area (Å²) in [5.41, 5.74) is 2.13. The van der Waals surface area contributed by atoms with Crippen LogP contribution in [-0.2, 0) is 16.1 Å². The highest BCUT2D eigenvalue weighted by Crippen LogP contribution is 2.28. The van der Waals surface area contributed by atoms with Crippen LogP contribution in [0.4, 0.5) is 4.39 Å². The number of hydrogen-bond acceptors (Lipinski definition) is 3. The molecule has 0 N–H and O–H groups in total. The van der Waals surface area contributed by atoms with Crippen molar-refractivity contribution in [2.24, 2.45) is 4.99 Å². The van der Waals surface area contributed by atoms with Crippen LogP contribution in [0.25, 0.3) is 0 Å². The third-order valence-electron chi connectivity index (χ3n) is 5.13. The van der Waals surface area contributed by atoms with Gasteiger partial charge in [-0.1, -0.05) is 18.2 Å². The van der Waals surface area contributed by atoms with E-state index in [1.54, 1.807) is 19.2 Å². The minimum atomic E-state index is -0.265. The fourth-order valence-electron chi connectivity index (χ4n) is 3.64. The molecule has 1 saturated carbocycles. The molecule has 2 aliphatic rings. The summed E-state index contributed by atoms with van der Waals surface area (Å²) in [7, 11) is 1.73. The van der Waals surface area contributed by atoms with E-state index in [1.165, 1.54) is 6.07 Å². The van der Waals surface area contributed by atoms with Crippen LogP contribution < -0.4 is 0 Å². The molecule has 1 aromatic rings. The summed E-state index contributed by atoms with van der Waals surface area (Å²) in [6.07, 6.45) is 5.72. The van der Waals surface area contributed by atoms with Gasteiger partial charge in [-0.05, 0) is 44.7 Å². The van der Waals surface area contributed by atoms with Gasteiger partial charge in [-0.15, -0.1) is 0 Å². The third kappa shape index (κ3) is 4.15. The Labute approximate surface area is 148 Å². The molecule has 0 radical (unpaired) electrons. The molecule has 0 spiro atoms. The minimum Gasteiger partial charge on any atom is -0.381 e. The van der Waals surface area contributed by atoms with Crippen molar-refractivity contribution in [2.45, 2.75) is 51.3 Å². The largest absolute Gasteiger partial charge is 0.381 e. The van der Waals surface area contributed by atoms with Gasteiger partial charge in [0.1, 0.15) is 5.82 Å². The molecule has 1 fully saturated rings. The van der Waals surface area contributed by atoms with Crippen molar-refractivity contribution in [3.8, 4) is 0 Å². The number of carbonyl (C=O) groups excluding carboxylic acids is 1. The normalized spacial score (nSPS) is 23.2. The number of methoxy groups -OCH3 is 1. The van der Waals surface area contributed by atoms with Crippen LogP contribution in [0.3, 0.4) is 0 Å². The average molecular weight is 344 g/mol. The van der Waals surface area contributed by atoms with Gasteiger partial charge in [0.05, 0.1) is 12.6 Å². The number of amides is 1. The van der Waals surface area contributed by atoms with E-state index in [9.17, 15) is 9.18 Å². The molecular weight excluding hydrogens is 319 g/mol. The lowest BCUT2D eigenvalue weighted by Gasteiger charge is -2.37. The van der Waals surface area contributed by atoms with Gasteiger partial charge in [-0.25, -0.2) is 4.39 Å². The zero-order valence-corrected chi connectivity index (χ0v) is 14.9. The van der Waals surface area contributed by atoms with Gasteiger partial charge >= 0.3 is 0 Å². The summed E-state index contributed by atoms with van der Waals surface area (Å²) in [6, 6.07) is 6.79. The number of rotatable bonds is 5. The van der Waals surface area contributed by atoms with Gasteiger partial charge < -0.3 is 9.64 Å². The van der Waals surface area contributed by atoms with Crippen molar-refractivity contribution in [2.75, 3.05) is 13.7 Å². The molecule has 0 aromatic heterocycles. The van der Waals surface area contributed by atoms with Crippen LogP contribution in [0.5, 0.6) is 0 Å². The first-order valence-corrected chi connectivity index (χ1v) is 8.87. The maximum Gasteiger partial charge on any atom is 0.252 e. The average Bonchev–Trinajstić information content (AvgIpc) is 3.07. The lowest BCUT2D eigenvalue weighted by atomic mass is 9.91. The first kappa shape index (κ1) is 17.8. The maximum atomic E-state index is 14.1. The Morgan fingerprint density at radius 3 is 2.60 bits per heavy atom. The van der Waals surface area contributed by atoms with E-state index < -0.39 is 0 Å². The zero-order chi connectivity index (χ0) is 17.8. The maximum absolute atomic E-state index is 14.1. The molecule has 3 rings (SSSR count). The predicted molar refractivity (Wildman–Crippen MR) is 96.1 cm³/mol. The predicted octanol–water partition coefficient (Wildman–Crippen LogP) is 3.51. The molecule has 0 bridgehead atoms. The van der Waals surface area contributed by atoms with Crippen molar-refractivity contribution in [1.29, 1.82) is 0 Å². The number of halogens is 1. The Balaban J connectivity index is 1.80. The first-order valence-electron chi connectivity index (χ1n) is 8.87. The van der Waals surface area contributed by atoms with Gasteiger partial charge in [-0.2, -0.15) is 0 Å². The van der Waals surface area contributed by atoms with E-state index in [2.05, 4.69) is 4.99 Å².